The van der Waals surface area contributed by atoms with Crippen LogP contribution in [0.3, 0.4) is 0 Å². The largest absolute Gasteiger partial charge is 0.480 e. The van der Waals surface area contributed by atoms with Crippen molar-refractivity contribution < 1.29 is 18.3 Å². The highest BCUT2D eigenvalue weighted by atomic mass is 32.2. The highest BCUT2D eigenvalue weighted by Crippen LogP contribution is 2.38. The summed E-state index contributed by atoms with van der Waals surface area (Å²) in [6.45, 7) is 5.47. The molecule has 5 nitrogen and oxygen atoms in total. The monoisotopic (exact) mass is 335 g/mol. The molecule has 0 aliphatic carbocycles. The molecule has 0 spiro atoms. The number of rotatable bonds is 4. The fraction of sp³-hybridized carbons (Fsp3) is 0.583. The predicted molar refractivity (Wildman–Crippen MR) is 80.8 cm³/mol. The van der Waals surface area contributed by atoms with Crippen LogP contribution in [0.5, 0.6) is 0 Å². The van der Waals surface area contributed by atoms with Gasteiger partial charge in [-0.2, -0.15) is 4.31 Å². The third kappa shape index (κ3) is 2.61. The highest BCUT2D eigenvalue weighted by Gasteiger charge is 2.46. The SMILES string of the molecule is CCC1SCC(C(=O)O)N1S(=O)(=O)c1cc(C)sc1C. The van der Waals surface area contributed by atoms with Gasteiger partial charge in [0.2, 0.25) is 10.0 Å². The highest BCUT2D eigenvalue weighted by molar-refractivity contribution is 8.01. The van der Waals surface area contributed by atoms with E-state index in [1.54, 1.807) is 13.0 Å². The predicted octanol–water partition coefficient (Wildman–Crippen LogP) is 2.29. The summed E-state index contributed by atoms with van der Waals surface area (Å²) in [4.78, 5) is 13.2. The molecule has 1 aromatic rings. The number of hydrogen-bond acceptors (Lipinski definition) is 5. The summed E-state index contributed by atoms with van der Waals surface area (Å²) in [6.07, 6.45) is 0.593. The molecule has 0 bridgehead atoms. The second kappa shape index (κ2) is 5.67. The van der Waals surface area contributed by atoms with Crippen LogP contribution in [-0.2, 0) is 14.8 Å². The minimum Gasteiger partial charge on any atom is -0.480 e. The molecular weight excluding hydrogens is 318 g/mol. The summed E-state index contributed by atoms with van der Waals surface area (Å²) in [5, 5.41) is 8.96. The van der Waals surface area contributed by atoms with E-state index in [0.29, 0.717) is 17.1 Å². The quantitative estimate of drug-likeness (QED) is 0.914. The van der Waals surface area contributed by atoms with Crippen LogP contribution in [0.4, 0.5) is 0 Å². The maximum absolute atomic E-state index is 12.8. The number of carboxylic acids is 1. The van der Waals surface area contributed by atoms with E-state index in [1.165, 1.54) is 27.4 Å². The van der Waals surface area contributed by atoms with Crippen LogP contribution in [0, 0.1) is 13.8 Å². The second-order valence-electron chi connectivity index (χ2n) is 4.66. The number of thioether (sulfide) groups is 1. The van der Waals surface area contributed by atoms with Gasteiger partial charge in [0.1, 0.15) is 6.04 Å². The Morgan fingerprint density at radius 1 is 1.50 bits per heavy atom. The number of nitrogens with zero attached hydrogens (tertiary/aromatic N) is 1. The number of thiophene rings is 1. The van der Waals surface area contributed by atoms with Crippen molar-refractivity contribution in [1.82, 2.24) is 4.31 Å². The summed E-state index contributed by atoms with van der Waals surface area (Å²) in [6, 6.07) is 0.652. The van der Waals surface area contributed by atoms with E-state index in [2.05, 4.69) is 0 Å². The standard InChI is InChI=1S/C12H17NO4S3/c1-4-11-13(9(6-18-11)12(14)15)20(16,17)10-5-7(2)19-8(10)3/h5,9,11H,4,6H2,1-3H3,(H,14,15). The minimum atomic E-state index is -3.76. The topological polar surface area (TPSA) is 74.7 Å². The van der Waals surface area contributed by atoms with E-state index in [-0.39, 0.29) is 10.3 Å². The molecule has 0 saturated carbocycles. The van der Waals surface area contributed by atoms with E-state index < -0.39 is 22.0 Å². The van der Waals surface area contributed by atoms with Crippen molar-refractivity contribution in [3.05, 3.63) is 15.8 Å². The van der Waals surface area contributed by atoms with Crippen molar-refractivity contribution in [3.63, 3.8) is 0 Å². The first-order valence-electron chi connectivity index (χ1n) is 6.24. The van der Waals surface area contributed by atoms with Gasteiger partial charge in [-0.25, -0.2) is 8.42 Å². The van der Waals surface area contributed by atoms with Gasteiger partial charge in [0.05, 0.1) is 10.3 Å². The minimum absolute atomic E-state index is 0.243. The van der Waals surface area contributed by atoms with Gasteiger partial charge in [0, 0.05) is 15.5 Å². The van der Waals surface area contributed by atoms with Crippen LogP contribution in [0.2, 0.25) is 0 Å². The van der Waals surface area contributed by atoms with Crippen molar-refractivity contribution >= 4 is 39.1 Å². The number of aryl methyl sites for hydroxylation is 2. The van der Waals surface area contributed by atoms with Gasteiger partial charge < -0.3 is 5.11 Å². The van der Waals surface area contributed by atoms with Crippen molar-refractivity contribution in [1.29, 1.82) is 0 Å². The maximum atomic E-state index is 12.8. The Hall–Kier alpha value is -0.570. The van der Waals surface area contributed by atoms with Crippen LogP contribution in [0.15, 0.2) is 11.0 Å². The lowest BCUT2D eigenvalue weighted by Crippen LogP contribution is -2.45. The van der Waals surface area contributed by atoms with Gasteiger partial charge in [0.25, 0.3) is 0 Å². The third-order valence-corrected chi connectivity index (χ3v) is 7.95. The molecule has 0 amide bonds. The lowest BCUT2D eigenvalue weighted by atomic mass is 10.3. The number of hydrogen-bond donors (Lipinski definition) is 1. The number of carbonyl (C=O) groups is 1. The Bertz CT molecular complexity index is 623. The van der Waals surface area contributed by atoms with Gasteiger partial charge >= 0.3 is 5.97 Å². The molecule has 1 fully saturated rings. The van der Waals surface area contributed by atoms with Crippen LogP contribution in [0.1, 0.15) is 23.1 Å². The molecule has 1 saturated heterocycles. The number of sulfonamides is 1. The fourth-order valence-electron chi connectivity index (χ4n) is 2.33. The van der Waals surface area contributed by atoms with Gasteiger partial charge in [0.15, 0.2) is 0 Å². The first-order chi connectivity index (χ1) is 9.28. The Morgan fingerprint density at radius 2 is 2.15 bits per heavy atom. The van der Waals surface area contributed by atoms with E-state index in [4.69, 9.17) is 0 Å². The van der Waals surface area contributed by atoms with E-state index in [9.17, 15) is 18.3 Å². The van der Waals surface area contributed by atoms with E-state index in [1.807, 2.05) is 13.8 Å². The Balaban J connectivity index is 2.50. The Labute approximate surface area is 127 Å². The molecule has 2 atom stereocenters. The average molecular weight is 335 g/mol. The summed E-state index contributed by atoms with van der Waals surface area (Å²) in [5.74, 6) is -0.781. The molecule has 1 aliphatic heterocycles. The van der Waals surface area contributed by atoms with Gasteiger partial charge in [-0.1, -0.05) is 6.92 Å². The average Bonchev–Trinajstić information content (AvgIpc) is 2.92. The van der Waals surface area contributed by atoms with Crippen molar-refractivity contribution in [2.45, 2.75) is 43.5 Å². The summed E-state index contributed by atoms with van der Waals surface area (Å²) >= 11 is 2.80. The molecule has 0 aromatic carbocycles. The lowest BCUT2D eigenvalue weighted by molar-refractivity contribution is -0.140. The smallest absolute Gasteiger partial charge is 0.322 e. The molecule has 8 heteroatoms. The van der Waals surface area contributed by atoms with Crippen molar-refractivity contribution in [2.75, 3.05) is 5.75 Å². The van der Waals surface area contributed by atoms with Crippen LogP contribution >= 0.6 is 23.1 Å². The van der Waals surface area contributed by atoms with Gasteiger partial charge in [-0.3, -0.25) is 4.79 Å². The molecule has 1 aromatic heterocycles. The molecule has 0 radical (unpaired) electrons. The zero-order valence-corrected chi connectivity index (χ0v) is 13.9. The number of aliphatic carboxylic acids is 1. The second-order valence-corrected chi connectivity index (χ2v) is 9.15. The Morgan fingerprint density at radius 3 is 2.60 bits per heavy atom. The number of carboxylic acid groups (broad SMARTS) is 1. The first-order valence-corrected chi connectivity index (χ1v) is 9.54. The molecule has 2 rings (SSSR count). The zero-order chi connectivity index (χ0) is 15.1. The fourth-order valence-corrected chi connectivity index (χ4v) is 7.39. The normalized spacial score (nSPS) is 24.1. The molecule has 1 aliphatic rings. The molecule has 2 unspecified atom stereocenters. The maximum Gasteiger partial charge on any atom is 0.322 e. The summed E-state index contributed by atoms with van der Waals surface area (Å²) < 4.78 is 26.8. The summed E-state index contributed by atoms with van der Waals surface area (Å²) in [7, 11) is -3.76. The molecule has 2 heterocycles. The van der Waals surface area contributed by atoms with Crippen molar-refractivity contribution in [3.8, 4) is 0 Å². The molecule has 1 N–H and O–H groups in total. The van der Waals surface area contributed by atoms with Crippen LogP contribution in [0.25, 0.3) is 0 Å². The molecule has 112 valence electrons. The van der Waals surface area contributed by atoms with E-state index >= 15 is 0 Å². The van der Waals surface area contributed by atoms with Crippen LogP contribution < -0.4 is 0 Å². The van der Waals surface area contributed by atoms with Gasteiger partial charge in [-0.05, 0) is 26.3 Å². The molecular formula is C12H17NO4S3. The first kappa shape index (κ1) is 15.8. The van der Waals surface area contributed by atoms with Crippen LogP contribution in [-0.4, -0.2) is 41.0 Å². The summed E-state index contributed by atoms with van der Waals surface area (Å²) in [5.41, 5.74) is 0. The van der Waals surface area contributed by atoms with Gasteiger partial charge in [-0.15, -0.1) is 23.1 Å². The Kier molecular flexibility index (Phi) is 4.48. The van der Waals surface area contributed by atoms with E-state index in [0.717, 1.165) is 4.88 Å². The van der Waals surface area contributed by atoms with Crippen molar-refractivity contribution in [2.24, 2.45) is 0 Å². The zero-order valence-electron chi connectivity index (χ0n) is 11.5. The molecule has 20 heavy (non-hydrogen) atoms. The lowest BCUT2D eigenvalue weighted by Gasteiger charge is -2.25. The third-order valence-electron chi connectivity index (χ3n) is 3.22.